The van der Waals surface area contributed by atoms with E-state index in [0.29, 0.717) is 0 Å². The molecule has 1 aromatic carbocycles. The topological polar surface area (TPSA) is 39.2 Å². The SMILES string of the molecule is C[C@@H](N)CCc1ccc2occc2c1. The monoisotopic (exact) mass is 189 g/mol. The Kier molecular flexibility index (Phi) is 2.55. The van der Waals surface area contributed by atoms with Crippen LogP contribution < -0.4 is 5.73 Å². The predicted molar refractivity (Wildman–Crippen MR) is 58.2 cm³/mol. The van der Waals surface area contributed by atoms with Gasteiger partial charge in [0.25, 0.3) is 0 Å². The summed E-state index contributed by atoms with van der Waals surface area (Å²) in [6.45, 7) is 2.04. The number of rotatable bonds is 3. The minimum atomic E-state index is 0.273. The predicted octanol–water partition coefficient (Wildman–Crippen LogP) is 2.71. The van der Waals surface area contributed by atoms with E-state index in [-0.39, 0.29) is 6.04 Å². The Morgan fingerprint density at radius 3 is 3.00 bits per heavy atom. The van der Waals surface area contributed by atoms with Gasteiger partial charge in [0.1, 0.15) is 5.58 Å². The van der Waals surface area contributed by atoms with Gasteiger partial charge >= 0.3 is 0 Å². The van der Waals surface area contributed by atoms with Crippen LogP contribution in [0.2, 0.25) is 0 Å². The van der Waals surface area contributed by atoms with Gasteiger partial charge in [0.05, 0.1) is 6.26 Å². The van der Waals surface area contributed by atoms with Crippen LogP contribution in [0.3, 0.4) is 0 Å². The van der Waals surface area contributed by atoms with E-state index in [4.69, 9.17) is 10.2 Å². The molecular formula is C12H15NO. The van der Waals surface area contributed by atoms with Crippen LogP contribution in [0.15, 0.2) is 34.9 Å². The van der Waals surface area contributed by atoms with Gasteiger partial charge in [-0.1, -0.05) is 6.07 Å². The van der Waals surface area contributed by atoms with E-state index >= 15 is 0 Å². The summed E-state index contributed by atoms with van der Waals surface area (Å²) in [4.78, 5) is 0. The highest BCUT2D eigenvalue weighted by atomic mass is 16.3. The lowest BCUT2D eigenvalue weighted by molar-refractivity contribution is 0.615. The molecule has 0 saturated heterocycles. The van der Waals surface area contributed by atoms with Gasteiger partial charge in [0.15, 0.2) is 0 Å². The molecule has 2 rings (SSSR count). The van der Waals surface area contributed by atoms with Crippen molar-refractivity contribution in [2.45, 2.75) is 25.8 Å². The molecule has 1 aromatic heterocycles. The molecule has 0 aliphatic rings. The third-order valence-electron chi connectivity index (χ3n) is 2.41. The van der Waals surface area contributed by atoms with Crippen LogP contribution >= 0.6 is 0 Å². The molecule has 0 aliphatic carbocycles. The van der Waals surface area contributed by atoms with E-state index < -0.39 is 0 Å². The van der Waals surface area contributed by atoms with Gasteiger partial charge in [-0.2, -0.15) is 0 Å². The highest BCUT2D eigenvalue weighted by Crippen LogP contribution is 2.17. The maximum Gasteiger partial charge on any atom is 0.133 e. The second-order valence-electron chi connectivity index (χ2n) is 3.81. The first-order valence-electron chi connectivity index (χ1n) is 4.97. The Morgan fingerprint density at radius 1 is 1.36 bits per heavy atom. The molecule has 2 heteroatoms. The summed E-state index contributed by atoms with van der Waals surface area (Å²) in [7, 11) is 0. The summed E-state index contributed by atoms with van der Waals surface area (Å²) in [5, 5.41) is 1.17. The fourth-order valence-electron chi connectivity index (χ4n) is 1.57. The number of nitrogens with two attached hydrogens (primary N) is 1. The largest absolute Gasteiger partial charge is 0.464 e. The lowest BCUT2D eigenvalue weighted by atomic mass is 10.1. The average molecular weight is 189 g/mol. The number of benzene rings is 1. The molecule has 0 radical (unpaired) electrons. The molecule has 14 heavy (non-hydrogen) atoms. The maximum absolute atomic E-state index is 5.71. The van der Waals surface area contributed by atoms with E-state index in [1.807, 2.05) is 19.1 Å². The molecule has 0 fully saturated rings. The molecule has 0 bridgehead atoms. The Hall–Kier alpha value is -1.28. The normalized spacial score (nSPS) is 13.3. The minimum Gasteiger partial charge on any atom is -0.464 e. The summed E-state index contributed by atoms with van der Waals surface area (Å²) < 4.78 is 5.27. The van der Waals surface area contributed by atoms with Gasteiger partial charge in [0.2, 0.25) is 0 Å². The van der Waals surface area contributed by atoms with Crippen LogP contribution in [0.4, 0.5) is 0 Å². The standard InChI is InChI=1S/C12H15NO/c1-9(13)2-3-10-4-5-12-11(8-10)6-7-14-12/h4-9H,2-3,13H2,1H3/t9-/m1/s1. The van der Waals surface area contributed by atoms with Gasteiger partial charge in [-0.3, -0.25) is 0 Å². The van der Waals surface area contributed by atoms with Crippen molar-refractivity contribution >= 4 is 11.0 Å². The highest BCUT2D eigenvalue weighted by Gasteiger charge is 2.00. The molecule has 1 atom stereocenters. The zero-order valence-corrected chi connectivity index (χ0v) is 8.36. The average Bonchev–Trinajstić information content (AvgIpc) is 2.61. The molecule has 0 aliphatic heterocycles. The van der Waals surface area contributed by atoms with Gasteiger partial charge in [0, 0.05) is 11.4 Å². The van der Waals surface area contributed by atoms with Gasteiger partial charge in [-0.05, 0) is 43.5 Å². The number of aryl methyl sites for hydroxylation is 1. The number of fused-ring (bicyclic) bond motifs is 1. The van der Waals surface area contributed by atoms with E-state index in [0.717, 1.165) is 18.4 Å². The Morgan fingerprint density at radius 2 is 2.21 bits per heavy atom. The first-order chi connectivity index (χ1) is 6.75. The number of hydrogen-bond donors (Lipinski definition) is 1. The van der Waals surface area contributed by atoms with Crippen molar-refractivity contribution < 1.29 is 4.42 Å². The molecule has 0 amide bonds. The molecule has 2 N–H and O–H groups in total. The van der Waals surface area contributed by atoms with Crippen LogP contribution in [0, 0.1) is 0 Å². The fraction of sp³-hybridized carbons (Fsp3) is 0.333. The van der Waals surface area contributed by atoms with Gasteiger partial charge < -0.3 is 10.2 Å². The molecule has 74 valence electrons. The van der Waals surface area contributed by atoms with Gasteiger partial charge in [-0.25, -0.2) is 0 Å². The smallest absolute Gasteiger partial charge is 0.133 e. The van der Waals surface area contributed by atoms with Crippen molar-refractivity contribution in [3.63, 3.8) is 0 Å². The van der Waals surface area contributed by atoms with E-state index in [2.05, 4.69) is 12.1 Å². The van der Waals surface area contributed by atoms with Crippen LogP contribution in [0.25, 0.3) is 11.0 Å². The summed E-state index contributed by atoms with van der Waals surface area (Å²) in [5.74, 6) is 0. The number of furan rings is 1. The molecular weight excluding hydrogens is 174 g/mol. The summed E-state index contributed by atoms with van der Waals surface area (Å²) in [5.41, 5.74) is 8.00. The van der Waals surface area contributed by atoms with Crippen molar-refractivity contribution in [3.05, 3.63) is 36.1 Å². The zero-order chi connectivity index (χ0) is 9.97. The Bertz CT molecular complexity index is 417. The first-order valence-corrected chi connectivity index (χ1v) is 4.97. The highest BCUT2D eigenvalue weighted by molar-refractivity contribution is 5.77. The van der Waals surface area contributed by atoms with Crippen LogP contribution in [0.5, 0.6) is 0 Å². The molecule has 2 aromatic rings. The second kappa shape index (κ2) is 3.84. The van der Waals surface area contributed by atoms with Crippen molar-refractivity contribution in [1.29, 1.82) is 0 Å². The summed E-state index contributed by atoms with van der Waals surface area (Å²) >= 11 is 0. The van der Waals surface area contributed by atoms with Crippen LogP contribution in [-0.2, 0) is 6.42 Å². The Balaban J connectivity index is 2.17. The van der Waals surface area contributed by atoms with Crippen LogP contribution in [0.1, 0.15) is 18.9 Å². The molecule has 0 spiro atoms. The third kappa shape index (κ3) is 1.96. The summed E-state index contributed by atoms with van der Waals surface area (Å²) in [6.07, 6.45) is 3.79. The van der Waals surface area contributed by atoms with Crippen molar-refractivity contribution in [1.82, 2.24) is 0 Å². The van der Waals surface area contributed by atoms with Crippen molar-refractivity contribution in [2.75, 3.05) is 0 Å². The zero-order valence-electron chi connectivity index (χ0n) is 8.36. The minimum absolute atomic E-state index is 0.273. The van der Waals surface area contributed by atoms with E-state index in [1.165, 1.54) is 10.9 Å². The fourth-order valence-corrected chi connectivity index (χ4v) is 1.57. The van der Waals surface area contributed by atoms with Gasteiger partial charge in [-0.15, -0.1) is 0 Å². The quantitative estimate of drug-likeness (QED) is 0.806. The molecule has 1 heterocycles. The van der Waals surface area contributed by atoms with Crippen molar-refractivity contribution in [3.8, 4) is 0 Å². The summed E-state index contributed by atoms with van der Waals surface area (Å²) in [6, 6.07) is 8.56. The van der Waals surface area contributed by atoms with Crippen molar-refractivity contribution in [2.24, 2.45) is 5.73 Å². The molecule has 0 unspecified atom stereocenters. The third-order valence-corrected chi connectivity index (χ3v) is 2.41. The second-order valence-corrected chi connectivity index (χ2v) is 3.81. The molecule has 2 nitrogen and oxygen atoms in total. The molecule has 0 saturated carbocycles. The first kappa shape index (κ1) is 9.28. The van der Waals surface area contributed by atoms with E-state index in [1.54, 1.807) is 6.26 Å². The maximum atomic E-state index is 5.71. The van der Waals surface area contributed by atoms with Crippen LogP contribution in [-0.4, -0.2) is 6.04 Å². The van der Waals surface area contributed by atoms with E-state index in [9.17, 15) is 0 Å². The lowest BCUT2D eigenvalue weighted by Crippen LogP contribution is -2.15. The lowest BCUT2D eigenvalue weighted by Gasteiger charge is -2.04. The number of hydrogen-bond acceptors (Lipinski definition) is 2. The Labute approximate surface area is 83.7 Å².